The summed E-state index contributed by atoms with van der Waals surface area (Å²) in [6.45, 7) is 23.6. The molecule has 0 N–H and O–H groups in total. The summed E-state index contributed by atoms with van der Waals surface area (Å²) in [7, 11) is 1.66. The minimum Gasteiger partial charge on any atom is -0.455 e. The molecule has 5 unspecified atom stereocenters. The van der Waals surface area contributed by atoms with Crippen LogP contribution in [-0.4, -0.2) is 20.3 Å². The SMILES string of the molecule is C=C1c2oc3c4c(ccc3c2C=CC1C)C=C(C1(CC)c2ccccc2-c2cc(C3=CCCc5ccccc53)c([Si](C)C)c[n+]2C1CC)[N+]1(C)C=C(C)C(CC(C)C)=CC41. The first-order chi connectivity index (χ1) is 28.9. The Morgan fingerprint density at radius 3 is 2.52 bits per heavy atom. The monoisotopic (exact) mass is 805 g/mol. The molecular weight excluding hydrogens is 745 g/mol. The van der Waals surface area contributed by atoms with E-state index in [1.807, 2.05) is 0 Å². The number of quaternary nitrogens is 1. The van der Waals surface area contributed by atoms with Crippen molar-refractivity contribution < 1.29 is 13.5 Å². The largest absolute Gasteiger partial charge is 0.455 e. The summed E-state index contributed by atoms with van der Waals surface area (Å²) in [6, 6.07) is 26.1. The number of hydrogen-bond donors (Lipinski definition) is 0. The van der Waals surface area contributed by atoms with E-state index in [4.69, 9.17) is 4.42 Å². The fourth-order valence-electron chi connectivity index (χ4n) is 12.1. The third-order valence-corrected chi connectivity index (χ3v) is 16.5. The first-order valence-corrected chi connectivity index (χ1v) is 25.2. The standard InChI is InChI=1S/C56H61N2OSi/c1-11-51-56(12-2,47-23-16-15-21-45(47)48-31-46(50(60(9)10)32-57(48)51)42-22-17-19-38-18-13-14-20-41(38)42)52-30-39-25-27-44-43-26-24-35(5)37(7)54(43)59-55(44)53(39)49-29-40(28-34(3)4)36(6)33-58(49,52)8/h13-16,18,20-27,29-35,49,51H,7,11-12,17,19,28H2,1-6,8-10H3/q+2. The van der Waals surface area contributed by atoms with Crippen LogP contribution in [0, 0.1) is 11.8 Å². The van der Waals surface area contributed by atoms with Crippen molar-refractivity contribution in [3.63, 3.8) is 0 Å². The summed E-state index contributed by atoms with van der Waals surface area (Å²) in [4.78, 5) is 0. The van der Waals surface area contributed by atoms with Crippen molar-refractivity contribution in [3.8, 4) is 11.3 Å². The normalized spacial score (nSPS) is 25.1. The molecule has 0 spiro atoms. The highest BCUT2D eigenvalue weighted by atomic mass is 28.3. The van der Waals surface area contributed by atoms with E-state index in [-0.39, 0.29) is 23.4 Å². The Bertz CT molecular complexity index is 2800. The van der Waals surface area contributed by atoms with Gasteiger partial charge in [-0.05, 0) is 101 Å². The lowest BCUT2D eigenvalue weighted by Crippen LogP contribution is -2.62. The van der Waals surface area contributed by atoms with E-state index < -0.39 is 8.80 Å². The second-order valence-corrected chi connectivity index (χ2v) is 21.7. The number of fused-ring (bicyclic) bond motifs is 11. The van der Waals surface area contributed by atoms with Gasteiger partial charge in [0.25, 0.3) is 0 Å². The number of aromatic nitrogens is 1. The number of aryl methyl sites for hydroxylation is 1. The smallest absolute Gasteiger partial charge is 0.213 e. The van der Waals surface area contributed by atoms with Crippen LogP contribution in [-0.2, 0) is 11.8 Å². The summed E-state index contributed by atoms with van der Waals surface area (Å²) in [5.41, 5.74) is 19.8. The number of rotatable bonds is 7. The molecule has 0 bridgehead atoms. The molecule has 60 heavy (non-hydrogen) atoms. The molecular formula is C56H61N2OSi+2. The number of likely N-dealkylation sites (N-methyl/N-ethyl adjacent to an activating group) is 1. The number of pyridine rings is 1. The zero-order valence-corrected chi connectivity index (χ0v) is 38.2. The number of benzene rings is 3. The highest BCUT2D eigenvalue weighted by Crippen LogP contribution is 2.60. The maximum atomic E-state index is 7.06. The molecule has 0 fully saturated rings. The molecule has 3 aromatic carbocycles. The average Bonchev–Trinajstić information content (AvgIpc) is 3.63. The number of nitrogens with zero attached hydrogens (tertiary/aromatic N) is 2. The van der Waals surface area contributed by atoms with Gasteiger partial charge in [-0.2, -0.15) is 4.57 Å². The van der Waals surface area contributed by atoms with Crippen LogP contribution in [0.3, 0.4) is 0 Å². The minimum atomic E-state index is -0.842. The molecule has 10 rings (SSSR count). The maximum absolute atomic E-state index is 7.06. The lowest BCUT2D eigenvalue weighted by atomic mass is 9.62. The fraction of sp³-hybridized carbons (Fsp3) is 0.339. The van der Waals surface area contributed by atoms with Crippen LogP contribution in [0.4, 0.5) is 0 Å². The molecule has 0 amide bonds. The van der Waals surface area contributed by atoms with Gasteiger partial charge in [-0.3, -0.25) is 4.48 Å². The molecule has 5 aliphatic rings. The number of hydrogen-bond acceptors (Lipinski definition) is 1. The Morgan fingerprint density at radius 2 is 1.77 bits per heavy atom. The van der Waals surface area contributed by atoms with E-state index in [0.717, 1.165) is 49.0 Å². The van der Waals surface area contributed by atoms with Crippen molar-refractivity contribution in [1.29, 1.82) is 0 Å². The van der Waals surface area contributed by atoms with Gasteiger partial charge >= 0.3 is 0 Å². The van der Waals surface area contributed by atoms with Gasteiger partial charge in [-0.25, -0.2) is 0 Å². The lowest BCUT2D eigenvalue weighted by Gasteiger charge is -2.52. The molecule has 2 aliphatic carbocycles. The zero-order chi connectivity index (χ0) is 41.8. The van der Waals surface area contributed by atoms with E-state index in [2.05, 4.69) is 182 Å². The van der Waals surface area contributed by atoms with Crippen LogP contribution in [0.25, 0.3) is 45.5 Å². The highest BCUT2D eigenvalue weighted by Gasteiger charge is 2.61. The van der Waals surface area contributed by atoms with E-state index in [1.54, 1.807) is 0 Å². The second kappa shape index (κ2) is 14.3. The fourth-order valence-corrected chi connectivity index (χ4v) is 13.3. The van der Waals surface area contributed by atoms with Gasteiger partial charge in [0.15, 0.2) is 12.2 Å². The number of allylic oxidation sites excluding steroid dienone is 6. The summed E-state index contributed by atoms with van der Waals surface area (Å²) < 4.78 is 10.5. The summed E-state index contributed by atoms with van der Waals surface area (Å²) >= 11 is 0. The molecule has 1 radical (unpaired) electrons. The van der Waals surface area contributed by atoms with Crippen molar-refractivity contribution >= 4 is 48.3 Å². The van der Waals surface area contributed by atoms with Crippen molar-refractivity contribution in [1.82, 2.24) is 0 Å². The summed E-state index contributed by atoms with van der Waals surface area (Å²) in [5.74, 6) is 1.76. The Balaban J connectivity index is 1.25. The third-order valence-electron chi connectivity index (χ3n) is 15.0. The van der Waals surface area contributed by atoms with Gasteiger partial charge in [0.2, 0.25) is 5.69 Å². The van der Waals surface area contributed by atoms with Gasteiger partial charge in [0.05, 0.1) is 27.0 Å². The Morgan fingerprint density at radius 1 is 1.00 bits per heavy atom. The molecule has 3 nitrogen and oxygen atoms in total. The van der Waals surface area contributed by atoms with Crippen LogP contribution >= 0.6 is 0 Å². The van der Waals surface area contributed by atoms with Gasteiger partial charge in [-0.1, -0.05) is 121 Å². The molecule has 5 heterocycles. The quantitative estimate of drug-likeness (QED) is 0.0910. The minimum absolute atomic E-state index is 0.0558. The van der Waals surface area contributed by atoms with Crippen LogP contribution in [0.1, 0.15) is 124 Å². The van der Waals surface area contributed by atoms with E-state index in [1.165, 1.54) is 83.2 Å². The van der Waals surface area contributed by atoms with Gasteiger partial charge in [-0.15, -0.1) is 0 Å². The van der Waals surface area contributed by atoms with Crippen LogP contribution in [0.2, 0.25) is 13.1 Å². The van der Waals surface area contributed by atoms with Gasteiger partial charge < -0.3 is 4.42 Å². The molecule has 2 aromatic heterocycles. The molecule has 0 saturated carbocycles. The molecule has 3 aliphatic heterocycles. The molecule has 4 heteroatoms. The van der Waals surface area contributed by atoms with E-state index >= 15 is 0 Å². The van der Waals surface area contributed by atoms with Gasteiger partial charge in [0, 0.05) is 46.2 Å². The van der Waals surface area contributed by atoms with Crippen molar-refractivity contribution in [2.45, 2.75) is 104 Å². The van der Waals surface area contributed by atoms with Crippen LogP contribution < -0.4 is 9.75 Å². The maximum Gasteiger partial charge on any atom is 0.213 e. The summed E-state index contributed by atoms with van der Waals surface area (Å²) in [6.07, 6.45) is 22.8. The highest BCUT2D eigenvalue weighted by molar-refractivity contribution is 6.71. The van der Waals surface area contributed by atoms with Crippen LogP contribution in [0.15, 0.2) is 125 Å². The Kier molecular flexibility index (Phi) is 9.31. The first-order valence-electron chi connectivity index (χ1n) is 22.7. The first kappa shape index (κ1) is 39.1. The topological polar surface area (TPSA) is 17.0 Å². The van der Waals surface area contributed by atoms with Crippen LogP contribution in [0.5, 0.6) is 0 Å². The lowest BCUT2D eigenvalue weighted by molar-refractivity contribution is -0.857. The number of furan rings is 1. The summed E-state index contributed by atoms with van der Waals surface area (Å²) in [5, 5.41) is 2.72. The Hall–Kier alpha value is -5.03. The van der Waals surface area contributed by atoms with Crippen molar-refractivity contribution in [2.75, 3.05) is 7.05 Å². The molecule has 303 valence electrons. The average molecular weight is 806 g/mol. The predicted molar refractivity (Wildman–Crippen MR) is 254 cm³/mol. The second-order valence-electron chi connectivity index (χ2n) is 19.2. The van der Waals surface area contributed by atoms with E-state index in [9.17, 15) is 0 Å². The Labute approximate surface area is 360 Å². The zero-order valence-electron chi connectivity index (χ0n) is 37.2. The molecule has 5 aromatic rings. The van der Waals surface area contributed by atoms with E-state index in [0.29, 0.717) is 10.4 Å². The molecule has 0 saturated heterocycles. The predicted octanol–water partition coefficient (Wildman–Crippen LogP) is 13.4. The third kappa shape index (κ3) is 5.52. The van der Waals surface area contributed by atoms with Crippen molar-refractivity contribution in [3.05, 3.63) is 165 Å². The van der Waals surface area contributed by atoms with Gasteiger partial charge in [0.1, 0.15) is 34.7 Å². The van der Waals surface area contributed by atoms with Crippen molar-refractivity contribution in [2.24, 2.45) is 11.8 Å². The molecule has 5 atom stereocenters.